The fourth-order valence-electron chi connectivity index (χ4n) is 1.81. The molecule has 0 unspecified atom stereocenters. The van der Waals surface area contributed by atoms with Crippen molar-refractivity contribution in [1.82, 2.24) is 4.90 Å². The Morgan fingerprint density at radius 2 is 2.25 bits per heavy atom. The van der Waals surface area contributed by atoms with Crippen LogP contribution < -0.4 is 0 Å². The molecular formula is C12H18N2O2. The Hall–Kier alpha value is -1.58. The van der Waals surface area contributed by atoms with Crippen LogP contribution in [-0.2, 0) is 4.79 Å². The third-order valence-electron chi connectivity index (χ3n) is 2.60. The molecule has 0 saturated carbocycles. The van der Waals surface area contributed by atoms with Crippen LogP contribution in [0.15, 0.2) is 28.4 Å². The Labute approximate surface area is 96.0 Å². The second-order valence-electron chi connectivity index (χ2n) is 3.59. The van der Waals surface area contributed by atoms with E-state index in [1.165, 1.54) is 5.57 Å². The standard InChI is InChI=1S/C12H18N2O2/c1-4-9-7-6-8-10(9)14(3)11(12(15)16)13-5-2/h6-7H,4-5,8H2,1-3H3,(H,15,16). The molecule has 0 aliphatic heterocycles. The average Bonchev–Trinajstić information content (AvgIpc) is 2.72. The fourth-order valence-corrected chi connectivity index (χ4v) is 1.81. The molecule has 0 spiro atoms. The molecule has 4 nitrogen and oxygen atoms in total. The zero-order chi connectivity index (χ0) is 12.1. The number of amidine groups is 1. The van der Waals surface area contributed by atoms with Gasteiger partial charge in [0.1, 0.15) is 0 Å². The minimum atomic E-state index is -0.973. The van der Waals surface area contributed by atoms with Crippen molar-refractivity contribution in [1.29, 1.82) is 0 Å². The highest BCUT2D eigenvalue weighted by molar-refractivity contribution is 6.34. The van der Waals surface area contributed by atoms with Crippen LogP contribution in [0.5, 0.6) is 0 Å². The molecule has 1 aliphatic carbocycles. The second-order valence-corrected chi connectivity index (χ2v) is 3.59. The van der Waals surface area contributed by atoms with Crippen LogP contribution in [0.4, 0.5) is 0 Å². The maximum absolute atomic E-state index is 11.1. The van der Waals surface area contributed by atoms with E-state index in [1.54, 1.807) is 11.9 Å². The molecule has 4 heteroatoms. The lowest BCUT2D eigenvalue weighted by Crippen LogP contribution is -2.33. The summed E-state index contributed by atoms with van der Waals surface area (Å²) in [6.45, 7) is 4.38. The van der Waals surface area contributed by atoms with Gasteiger partial charge in [-0.15, -0.1) is 0 Å². The van der Waals surface area contributed by atoms with Crippen LogP contribution in [-0.4, -0.2) is 35.4 Å². The Kier molecular flexibility index (Phi) is 4.28. The van der Waals surface area contributed by atoms with Crippen molar-refractivity contribution in [2.75, 3.05) is 13.6 Å². The summed E-state index contributed by atoms with van der Waals surface area (Å²) in [5, 5.41) is 9.08. The number of hydrogen-bond acceptors (Lipinski definition) is 2. The van der Waals surface area contributed by atoms with Crippen LogP contribution in [0.25, 0.3) is 0 Å². The largest absolute Gasteiger partial charge is 0.475 e. The molecule has 0 aromatic heterocycles. The van der Waals surface area contributed by atoms with Crippen molar-refractivity contribution in [2.24, 2.45) is 4.99 Å². The summed E-state index contributed by atoms with van der Waals surface area (Å²) in [7, 11) is 1.76. The van der Waals surface area contributed by atoms with E-state index in [9.17, 15) is 4.79 Å². The number of allylic oxidation sites excluding steroid dienone is 3. The van der Waals surface area contributed by atoms with Gasteiger partial charge < -0.3 is 10.0 Å². The number of hydrogen-bond donors (Lipinski definition) is 1. The van der Waals surface area contributed by atoms with Crippen LogP contribution in [0.3, 0.4) is 0 Å². The first kappa shape index (κ1) is 12.5. The molecule has 0 saturated heterocycles. The first-order valence-electron chi connectivity index (χ1n) is 5.51. The smallest absolute Gasteiger partial charge is 0.371 e. The molecule has 1 rings (SSSR count). The van der Waals surface area contributed by atoms with Gasteiger partial charge in [-0.3, -0.25) is 4.99 Å². The Balaban J connectivity index is 2.96. The number of aliphatic carboxylic acids is 1. The number of likely N-dealkylation sites (N-methyl/N-ethyl adjacent to an activating group) is 1. The van der Waals surface area contributed by atoms with Crippen LogP contribution in [0, 0.1) is 0 Å². The predicted molar refractivity (Wildman–Crippen MR) is 64.4 cm³/mol. The molecule has 1 N–H and O–H groups in total. The number of aliphatic imine (C=N–C) groups is 1. The molecule has 16 heavy (non-hydrogen) atoms. The molecule has 0 heterocycles. The maximum atomic E-state index is 11.1. The number of carboxylic acid groups (broad SMARTS) is 1. The van der Waals surface area contributed by atoms with E-state index in [2.05, 4.69) is 24.1 Å². The van der Waals surface area contributed by atoms with Gasteiger partial charge in [0.2, 0.25) is 5.84 Å². The fraction of sp³-hybridized carbons (Fsp3) is 0.500. The second kappa shape index (κ2) is 5.49. The first-order valence-corrected chi connectivity index (χ1v) is 5.51. The molecule has 0 aromatic carbocycles. The van der Waals surface area contributed by atoms with Gasteiger partial charge in [0, 0.05) is 25.7 Å². The summed E-state index contributed by atoms with van der Waals surface area (Å²) < 4.78 is 0. The van der Waals surface area contributed by atoms with E-state index in [-0.39, 0.29) is 5.84 Å². The van der Waals surface area contributed by atoms with Crippen LogP contribution in [0.1, 0.15) is 26.7 Å². The molecule has 0 bridgehead atoms. The topological polar surface area (TPSA) is 52.9 Å². The Morgan fingerprint density at radius 1 is 1.56 bits per heavy atom. The third-order valence-corrected chi connectivity index (χ3v) is 2.60. The monoisotopic (exact) mass is 222 g/mol. The highest BCUT2D eigenvalue weighted by Gasteiger charge is 2.20. The van der Waals surface area contributed by atoms with Crippen LogP contribution in [0.2, 0.25) is 0 Å². The van der Waals surface area contributed by atoms with Gasteiger partial charge >= 0.3 is 5.97 Å². The summed E-state index contributed by atoms with van der Waals surface area (Å²) in [5.41, 5.74) is 2.23. The normalized spacial score (nSPS) is 15.8. The van der Waals surface area contributed by atoms with Gasteiger partial charge in [-0.2, -0.15) is 0 Å². The molecule has 0 aromatic rings. The third kappa shape index (κ3) is 2.51. The first-order chi connectivity index (χ1) is 7.61. The zero-order valence-electron chi connectivity index (χ0n) is 10.0. The molecular weight excluding hydrogens is 204 g/mol. The number of rotatable bonds is 3. The summed E-state index contributed by atoms with van der Waals surface area (Å²) in [6.07, 6.45) is 5.80. The Morgan fingerprint density at radius 3 is 2.75 bits per heavy atom. The number of nitrogens with zero attached hydrogens (tertiary/aromatic N) is 2. The summed E-state index contributed by atoms with van der Waals surface area (Å²) in [6, 6.07) is 0. The lowest BCUT2D eigenvalue weighted by atomic mass is 10.2. The average molecular weight is 222 g/mol. The molecule has 0 amide bonds. The summed E-state index contributed by atoms with van der Waals surface area (Å²) in [4.78, 5) is 16.8. The van der Waals surface area contributed by atoms with Gasteiger partial charge in [0.05, 0.1) is 0 Å². The summed E-state index contributed by atoms with van der Waals surface area (Å²) in [5.74, 6) is -0.855. The van der Waals surface area contributed by atoms with E-state index < -0.39 is 5.97 Å². The van der Waals surface area contributed by atoms with Crippen molar-refractivity contribution in [3.05, 3.63) is 23.4 Å². The van der Waals surface area contributed by atoms with Crippen molar-refractivity contribution < 1.29 is 9.90 Å². The molecule has 0 fully saturated rings. The number of carbonyl (C=O) groups is 1. The van der Waals surface area contributed by atoms with Crippen LogP contribution >= 0.6 is 0 Å². The lowest BCUT2D eigenvalue weighted by Gasteiger charge is -2.21. The summed E-state index contributed by atoms with van der Waals surface area (Å²) >= 11 is 0. The minimum Gasteiger partial charge on any atom is -0.475 e. The quantitative estimate of drug-likeness (QED) is 0.587. The van der Waals surface area contributed by atoms with Gasteiger partial charge in [0.25, 0.3) is 0 Å². The van der Waals surface area contributed by atoms with Gasteiger partial charge in [-0.25, -0.2) is 4.79 Å². The van der Waals surface area contributed by atoms with E-state index in [0.717, 1.165) is 18.5 Å². The SMILES string of the molecule is CCN=C(C(=O)O)N(C)C1=C(CC)C=CC1. The van der Waals surface area contributed by atoms with E-state index in [0.29, 0.717) is 6.54 Å². The zero-order valence-corrected chi connectivity index (χ0v) is 10.0. The highest BCUT2D eigenvalue weighted by atomic mass is 16.4. The number of carboxylic acids is 1. The predicted octanol–water partition coefficient (Wildman–Crippen LogP) is 2.05. The highest BCUT2D eigenvalue weighted by Crippen LogP contribution is 2.24. The molecule has 0 atom stereocenters. The lowest BCUT2D eigenvalue weighted by molar-refractivity contribution is -0.130. The van der Waals surface area contributed by atoms with E-state index >= 15 is 0 Å². The van der Waals surface area contributed by atoms with Gasteiger partial charge in [0.15, 0.2) is 0 Å². The molecule has 0 radical (unpaired) electrons. The Bertz CT molecular complexity index is 365. The van der Waals surface area contributed by atoms with Crippen molar-refractivity contribution in [3.8, 4) is 0 Å². The van der Waals surface area contributed by atoms with E-state index in [4.69, 9.17) is 5.11 Å². The van der Waals surface area contributed by atoms with Crippen molar-refractivity contribution >= 4 is 11.8 Å². The van der Waals surface area contributed by atoms with Crippen molar-refractivity contribution in [2.45, 2.75) is 26.7 Å². The van der Waals surface area contributed by atoms with Gasteiger partial charge in [-0.1, -0.05) is 19.1 Å². The molecule has 88 valence electrons. The maximum Gasteiger partial charge on any atom is 0.371 e. The molecule has 1 aliphatic rings. The van der Waals surface area contributed by atoms with E-state index in [1.807, 2.05) is 6.92 Å². The minimum absolute atomic E-state index is 0.118. The van der Waals surface area contributed by atoms with Crippen molar-refractivity contribution in [3.63, 3.8) is 0 Å². The van der Waals surface area contributed by atoms with Gasteiger partial charge in [-0.05, 0) is 18.9 Å².